The van der Waals surface area contributed by atoms with Gasteiger partial charge in [0.2, 0.25) is 0 Å². The molecule has 4 bridgehead atoms. The minimum absolute atomic E-state index is 0.133. The van der Waals surface area contributed by atoms with E-state index < -0.39 is 0 Å². The summed E-state index contributed by atoms with van der Waals surface area (Å²) in [5.74, 6) is 2.03. The fraction of sp³-hybridized carbons (Fsp3) is 0.600. The molecule has 2 saturated heterocycles. The molecule has 0 amide bonds. The summed E-state index contributed by atoms with van der Waals surface area (Å²) in [5, 5.41) is 7.05. The normalized spacial score (nSPS) is 28.3. The fourth-order valence-corrected chi connectivity index (χ4v) is 6.58. The molecule has 0 saturated carbocycles. The van der Waals surface area contributed by atoms with Gasteiger partial charge in [0, 0.05) is 74.6 Å². The van der Waals surface area contributed by atoms with Crippen LogP contribution in [0.1, 0.15) is 47.2 Å². The van der Waals surface area contributed by atoms with Gasteiger partial charge < -0.3 is 19.8 Å². The molecule has 0 aliphatic carbocycles. The van der Waals surface area contributed by atoms with Gasteiger partial charge in [-0.1, -0.05) is 0 Å². The number of hydrogen-bond donors (Lipinski definition) is 2. The van der Waals surface area contributed by atoms with Gasteiger partial charge in [0.05, 0.1) is 0 Å². The Balaban J connectivity index is 1.22. The fourth-order valence-electron chi connectivity index (χ4n) is 6.58. The van der Waals surface area contributed by atoms with Crippen LogP contribution in [0.15, 0.2) is 33.9 Å². The standard InChI is InChI=1S/C25H33N5O2/c1-28(12-16-4-22-20-2-18(8-26-10-20)14-29(22)24(31)6-16)13-17-5-23-21-3-19(9-27-11-21)15-30(23)25(32)7-17/h4-7,18-21,26-27H,2-3,8-15H2,1H3/t18?,19?,20-,21-/m0/s1. The number of rotatable bonds is 4. The second-order valence-electron chi connectivity index (χ2n) is 10.6. The lowest BCUT2D eigenvalue weighted by atomic mass is 9.83. The molecule has 6 rings (SSSR count). The highest BCUT2D eigenvalue weighted by molar-refractivity contribution is 5.26. The first kappa shape index (κ1) is 20.4. The lowest BCUT2D eigenvalue weighted by molar-refractivity contribution is 0.254. The monoisotopic (exact) mass is 435 g/mol. The van der Waals surface area contributed by atoms with E-state index in [0.29, 0.717) is 36.8 Å². The molecule has 170 valence electrons. The van der Waals surface area contributed by atoms with Crippen LogP contribution in [0.4, 0.5) is 0 Å². The van der Waals surface area contributed by atoms with E-state index in [9.17, 15) is 9.59 Å². The third-order valence-corrected chi connectivity index (χ3v) is 7.95. The molecule has 6 heterocycles. The second-order valence-corrected chi connectivity index (χ2v) is 10.6. The number of piperidine rings is 2. The van der Waals surface area contributed by atoms with E-state index >= 15 is 0 Å². The Morgan fingerprint density at radius 1 is 0.781 bits per heavy atom. The number of hydrogen-bond acceptors (Lipinski definition) is 5. The molecule has 7 nitrogen and oxygen atoms in total. The van der Waals surface area contributed by atoms with Crippen LogP contribution in [-0.2, 0) is 26.2 Å². The minimum Gasteiger partial charge on any atom is -0.316 e. The average Bonchev–Trinajstić information content (AvgIpc) is 2.76. The molecule has 4 aliphatic heterocycles. The molecule has 32 heavy (non-hydrogen) atoms. The third kappa shape index (κ3) is 3.66. The highest BCUT2D eigenvalue weighted by Gasteiger charge is 2.32. The SMILES string of the molecule is CN(Cc1cc2n(c(=O)c1)CC1CNC[C@@H]2C1)Cc1cc2n(c(=O)c1)CC1CNC[C@@H]2C1. The van der Waals surface area contributed by atoms with Crippen molar-refractivity contribution in [1.82, 2.24) is 24.7 Å². The average molecular weight is 436 g/mol. The van der Waals surface area contributed by atoms with Crippen molar-refractivity contribution in [3.8, 4) is 0 Å². The minimum atomic E-state index is 0.133. The number of nitrogens with zero attached hydrogens (tertiary/aromatic N) is 3. The number of aromatic nitrogens is 2. The molecule has 4 atom stereocenters. The van der Waals surface area contributed by atoms with E-state index in [-0.39, 0.29) is 11.1 Å². The Morgan fingerprint density at radius 3 is 1.72 bits per heavy atom. The molecule has 4 aliphatic rings. The number of nitrogens with one attached hydrogen (secondary N) is 2. The topological polar surface area (TPSA) is 71.3 Å². The van der Waals surface area contributed by atoms with Crippen LogP contribution in [0, 0.1) is 11.8 Å². The van der Waals surface area contributed by atoms with Crippen LogP contribution in [0.25, 0.3) is 0 Å². The summed E-state index contributed by atoms with van der Waals surface area (Å²) in [4.78, 5) is 27.9. The van der Waals surface area contributed by atoms with Gasteiger partial charge in [0.15, 0.2) is 0 Å². The maximum atomic E-state index is 12.8. The molecular weight excluding hydrogens is 402 g/mol. The zero-order valence-electron chi connectivity index (χ0n) is 18.8. The van der Waals surface area contributed by atoms with E-state index in [1.807, 2.05) is 21.3 Å². The summed E-state index contributed by atoms with van der Waals surface area (Å²) in [6.07, 6.45) is 2.36. The van der Waals surface area contributed by atoms with Crippen LogP contribution in [0.3, 0.4) is 0 Å². The van der Waals surface area contributed by atoms with Crippen molar-refractivity contribution in [2.45, 2.75) is 50.9 Å². The molecule has 2 fully saturated rings. The first-order valence-electron chi connectivity index (χ1n) is 12.1. The molecule has 2 unspecified atom stereocenters. The van der Waals surface area contributed by atoms with E-state index in [4.69, 9.17) is 0 Å². The molecule has 0 radical (unpaired) electrons. The highest BCUT2D eigenvalue weighted by Crippen LogP contribution is 2.33. The van der Waals surface area contributed by atoms with Crippen molar-refractivity contribution in [1.29, 1.82) is 0 Å². The van der Waals surface area contributed by atoms with Gasteiger partial charge in [0.25, 0.3) is 11.1 Å². The highest BCUT2D eigenvalue weighted by atomic mass is 16.1. The van der Waals surface area contributed by atoms with Crippen molar-refractivity contribution in [3.05, 3.63) is 67.5 Å². The summed E-state index contributed by atoms with van der Waals surface area (Å²) in [5.41, 5.74) is 4.79. The molecule has 2 aromatic heterocycles. The zero-order valence-corrected chi connectivity index (χ0v) is 18.8. The van der Waals surface area contributed by atoms with Gasteiger partial charge in [0.1, 0.15) is 0 Å². The van der Waals surface area contributed by atoms with Gasteiger partial charge in [-0.15, -0.1) is 0 Å². The molecule has 2 N–H and O–H groups in total. The molecule has 0 aromatic carbocycles. The third-order valence-electron chi connectivity index (χ3n) is 7.95. The van der Waals surface area contributed by atoms with E-state index in [0.717, 1.165) is 50.4 Å². The quantitative estimate of drug-likeness (QED) is 0.752. The van der Waals surface area contributed by atoms with Gasteiger partial charge in [-0.25, -0.2) is 0 Å². The summed E-state index contributed by atoms with van der Waals surface area (Å²) in [6.45, 7) is 7.05. The van der Waals surface area contributed by atoms with Crippen LogP contribution in [0.5, 0.6) is 0 Å². The molecule has 0 spiro atoms. The number of fused-ring (bicyclic) bond motifs is 8. The lowest BCUT2D eigenvalue weighted by Gasteiger charge is -2.38. The largest absolute Gasteiger partial charge is 0.316 e. The van der Waals surface area contributed by atoms with Crippen LogP contribution >= 0.6 is 0 Å². The maximum absolute atomic E-state index is 12.8. The summed E-state index contributed by atoms with van der Waals surface area (Å²) < 4.78 is 4.00. The number of pyridine rings is 2. The van der Waals surface area contributed by atoms with Crippen molar-refractivity contribution in [3.63, 3.8) is 0 Å². The first-order valence-corrected chi connectivity index (χ1v) is 12.1. The Kier molecular flexibility index (Phi) is 5.08. The van der Waals surface area contributed by atoms with E-state index in [2.05, 4.69) is 34.7 Å². The maximum Gasteiger partial charge on any atom is 0.251 e. The summed E-state index contributed by atoms with van der Waals surface area (Å²) in [7, 11) is 2.07. The molecule has 2 aromatic rings. The van der Waals surface area contributed by atoms with Gasteiger partial charge in [-0.2, -0.15) is 0 Å². The van der Waals surface area contributed by atoms with Gasteiger partial charge >= 0.3 is 0 Å². The van der Waals surface area contributed by atoms with Crippen molar-refractivity contribution >= 4 is 0 Å². The Labute approximate surface area is 188 Å². The van der Waals surface area contributed by atoms with Crippen LogP contribution < -0.4 is 21.8 Å². The Bertz CT molecular complexity index is 1060. The van der Waals surface area contributed by atoms with Crippen molar-refractivity contribution in [2.24, 2.45) is 11.8 Å². The Morgan fingerprint density at radius 2 is 1.25 bits per heavy atom. The van der Waals surface area contributed by atoms with E-state index in [1.165, 1.54) is 24.2 Å². The molecule has 7 heteroatoms. The van der Waals surface area contributed by atoms with Crippen LogP contribution in [0.2, 0.25) is 0 Å². The predicted molar refractivity (Wildman–Crippen MR) is 124 cm³/mol. The smallest absolute Gasteiger partial charge is 0.251 e. The summed E-state index contributed by atoms with van der Waals surface area (Å²) >= 11 is 0. The predicted octanol–water partition coefficient (Wildman–Crippen LogP) is 1.06. The zero-order chi connectivity index (χ0) is 21.8. The van der Waals surface area contributed by atoms with E-state index in [1.54, 1.807) is 0 Å². The molecular formula is C25H33N5O2. The van der Waals surface area contributed by atoms with Gasteiger partial charge in [-0.05, 0) is 68.1 Å². The second kappa shape index (κ2) is 7.97. The first-order chi connectivity index (χ1) is 15.5. The van der Waals surface area contributed by atoms with Crippen molar-refractivity contribution in [2.75, 3.05) is 33.2 Å². The van der Waals surface area contributed by atoms with Crippen LogP contribution in [-0.4, -0.2) is 47.3 Å². The van der Waals surface area contributed by atoms with Gasteiger partial charge in [-0.3, -0.25) is 14.5 Å². The summed E-state index contributed by atoms with van der Waals surface area (Å²) in [6, 6.07) is 8.09. The lowest BCUT2D eigenvalue weighted by Crippen LogP contribution is -2.45. The Hall–Kier alpha value is -2.22. The van der Waals surface area contributed by atoms with Crippen molar-refractivity contribution < 1.29 is 0 Å².